The highest BCUT2D eigenvalue weighted by atomic mass is 16.6. The van der Waals surface area contributed by atoms with E-state index in [0.29, 0.717) is 12.5 Å². The first-order valence-electron chi connectivity index (χ1n) is 8.03. The van der Waals surface area contributed by atoms with Crippen LogP contribution in [0.15, 0.2) is 23.7 Å². The first-order valence-corrected chi connectivity index (χ1v) is 8.03. The van der Waals surface area contributed by atoms with Crippen molar-refractivity contribution in [3.63, 3.8) is 0 Å². The first-order chi connectivity index (χ1) is 11.1. The van der Waals surface area contributed by atoms with Gasteiger partial charge in [-0.05, 0) is 34.6 Å². The van der Waals surface area contributed by atoms with E-state index in [1.165, 1.54) is 0 Å². The molecule has 0 bridgehead atoms. The fourth-order valence-electron chi connectivity index (χ4n) is 1.87. The van der Waals surface area contributed by atoms with Gasteiger partial charge in [0.1, 0.15) is 5.60 Å². The molecule has 0 saturated carbocycles. The van der Waals surface area contributed by atoms with Gasteiger partial charge in [-0.3, -0.25) is 4.99 Å². The summed E-state index contributed by atoms with van der Waals surface area (Å²) in [7, 11) is 1.71. The second kappa shape index (κ2) is 8.56. The molecule has 1 aromatic heterocycles. The molecule has 1 amide bonds. The van der Waals surface area contributed by atoms with Crippen LogP contribution in [0.3, 0.4) is 0 Å². The van der Waals surface area contributed by atoms with Crippen LogP contribution in [0.25, 0.3) is 0 Å². The van der Waals surface area contributed by atoms with E-state index in [-0.39, 0.29) is 0 Å². The van der Waals surface area contributed by atoms with Crippen LogP contribution >= 0.6 is 0 Å². The van der Waals surface area contributed by atoms with Gasteiger partial charge in [0.2, 0.25) is 0 Å². The van der Waals surface area contributed by atoms with E-state index in [4.69, 9.17) is 4.74 Å². The van der Waals surface area contributed by atoms with Gasteiger partial charge < -0.3 is 25.3 Å². The standard InChI is InChI=1S/C16H30N6O2/c1-15(2,3)24-14(23)21-16(4,5)11-20-13(17-6)19-8-10-22-9-7-18-12-22/h7,9,12H,8,10-11H2,1-6H3,(H,21,23)(H2,17,19,20). The van der Waals surface area contributed by atoms with E-state index in [2.05, 4.69) is 25.9 Å². The molecular weight excluding hydrogens is 308 g/mol. The Balaban J connectivity index is 2.36. The van der Waals surface area contributed by atoms with Gasteiger partial charge in [-0.2, -0.15) is 0 Å². The minimum Gasteiger partial charge on any atom is -0.444 e. The number of rotatable bonds is 6. The molecular formula is C16H30N6O2. The SMILES string of the molecule is CN=C(NCCn1ccnc1)NCC(C)(C)NC(=O)OC(C)(C)C. The summed E-state index contributed by atoms with van der Waals surface area (Å²) < 4.78 is 7.26. The van der Waals surface area contributed by atoms with E-state index in [9.17, 15) is 4.79 Å². The van der Waals surface area contributed by atoms with Gasteiger partial charge in [0.05, 0.1) is 11.9 Å². The molecule has 8 nitrogen and oxygen atoms in total. The summed E-state index contributed by atoms with van der Waals surface area (Å²) in [4.78, 5) is 20.0. The predicted molar refractivity (Wildman–Crippen MR) is 95.0 cm³/mol. The second-order valence-electron chi connectivity index (χ2n) is 7.16. The van der Waals surface area contributed by atoms with Crippen LogP contribution < -0.4 is 16.0 Å². The number of amides is 1. The van der Waals surface area contributed by atoms with Crippen LogP contribution in [-0.4, -0.2) is 52.9 Å². The van der Waals surface area contributed by atoms with Crippen LogP contribution in [0.2, 0.25) is 0 Å². The van der Waals surface area contributed by atoms with Gasteiger partial charge in [0.25, 0.3) is 0 Å². The lowest BCUT2D eigenvalue weighted by Crippen LogP contribution is -2.54. The molecule has 136 valence electrons. The summed E-state index contributed by atoms with van der Waals surface area (Å²) in [5.74, 6) is 0.675. The summed E-state index contributed by atoms with van der Waals surface area (Å²) in [6.45, 7) is 11.4. The topological polar surface area (TPSA) is 92.6 Å². The number of nitrogens with zero attached hydrogens (tertiary/aromatic N) is 3. The summed E-state index contributed by atoms with van der Waals surface area (Å²) >= 11 is 0. The number of hydrogen-bond donors (Lipinski definition) is 3. The normalized spacial score (nSPS) is 12.7. The molecule has 8 heteroatoms. The summed E-state index contributed by atoms with van der Waals surface area (Å²) in [6, 6.07) is 0. The number of carbonyl (C=O) groups is 1. The maximum atomic E-state index is 11.9. The number of nitrogens with one attached hydrogen (secondary N) is 3. The molecule has 0 fully saturated rings. The fraction of sp³-hybridized carbons (Fsp3) is 0.688. The number of alkyl carbamates (subject to hydrolysis) is 1. The molecule has 1 aromatic rings. The second-order valence-corrected chi connectivity index (χ2v) is 7.16. The molecule has 0 aliphatic carbocycles. The number of ether oxygens (including phenoxy) is 1. The van der Waals surface area contributed by atoms with E-state index < -0.39 is 17.2 Å². The van der Waals surface area contributed by atoms with Gasteiger partial charge in [0, 0.05) is 39.1 Å². The molecule has 0 aromatic carbocycles. The van der Waals surface area contributed by atoms with Crippen molar-refractivity contribution in [3.05, 3.63) is 18.7 Å². The van der Waals surface area contributed by atoms with Crippen molar-refractivity contribution in [1.29, 1.82) is 0 Å². The molecule has 1 rings (SSSR count). The Kier molecular flexibility index (Phi) is 7.06. The Morgan fingerprint density at radius 3 is 2.50 bits per heavy atom. The smallest absolute Gasteiger partial charge is 0.408 e. The van der Waals surface area contributed by atoms with Crippen molar-refractivity contribution in [1.82, 2.24) is 25.5 Å². The highest BCUT2D eigenvalue weighted by molar-refractivity contribution is 5.79. The number of hydrogen-bond acceptors (Lipinski definition) is 4. The monoisotopic (exact) mass is 338 g/mol. The van der Waals surface area contributed by atoms with Crippen molar-refractivity contribution in [3.8, 4) is 0 Å². The van der Waals surface area contributed by atoms with Crippen molar-refractivity contribution < 1.29 is 9.53 Å². The van der Waals surface area contributed by atoms with Gasteiger partial charge >= 0.3 is 6.09 Å². The zero-order valence-electron chi connectivity index (χ0n) is 15.5. The molecule has 0 unspecified atom stereocenters. The molecule has 1 heterocycles. The third kappa shape index (κ3) is 8.40. The maximum absolute atomic E-state index is 11.9. The predicted octanol–water partition coefficient (Wildman–Crippen LogP) is 1.35. The average Bonchev–Trinajstić information content (AvgIpc) is 2.92. The number of aliphatic imine (C=N–C) groups is 1. The van der Waals surface area contributed by atoms with Crippen LogP contribution in [0.5, 0.6) is 0 Å². The van der Waals surface area contributed by atoms with Gasteiger partial charge in [0.15, 0.2) is 5.96 Å². The van der Waals surface area contributed by atoms with E-state index in [1.807, 2.05) is 45.4 Å². The molecule has 0 aliphatic rings. The zero-order chi connectivity index (χ0) is 18.2. The third-order valence-corrected chi connectivity index (χ3v) is 2.98. The van der Waals surface area contributed by atoms with Gasteiger partial charge in [-0.1, -0.05) is 0 Å². The number of aromatic nitrogens is 2. The Morgan fingerprint density at radius 1 is 1.25 bits per heavy atom. The molecule has 0 saturated heterocycles. The van der Waals surface area contributed by atoms with Crippen molar-refractivity contribution in [2.45, 2.75) is 52.3 Å². The molecule has 3 N–H and O–H groups in total. The lowest BCUT2D eigenvalue weighted by atomic mass is 10.1. The zero-order valence-corrected chi connectivity index (χ0v) is 15.5. The molecule has 0 atom stereocenters. The van der Waals surface area contributed by atoms with E-state index >= 15 is 0 Å². The minimum atomic E-state index is -0.515. The van der Waals surface area contributed by atoms with E-state index in [0.717, 1.165) is 13.1 Å². The van der Waals surface area contributed by atoms with Crippen LogP contribution in [-0.2, 0) is 11.3 Å². The molecule has 0 aliphatic heterocycles. The van der Waals surface area contributed by atoms with Crippen molar-refractivity contribution in [2.75, 3.05) is 20.1 Å². The highest BCUT2D eigenvalue weighted by Gasteiger charge is 2.24. The first kappa shape index (κ1) is 19.8. The Labute approximate surface area is 144 Å². The maximum Gasteiger partial charge on any atom is 0.408 e. The lowest BCUT2D eigenvalue weighted by Gasteiger charge is -2.29. The van der Waals surface area contributed by atoms with Crippen LogP contribution in [0.4, 0.5) is 4.79 Å². The minimum absolute atomic E-state index is 0.433. The summed E-state index contributed by atoms with van der Waals surface area (Å²) in [5, 5.41) is 9.27. The number of imidazole rings is 1. The fourth-order valence-corrected chi connectivity index (χ4v) is 1.87. The summed E-state index contributed by atoms with van der Waals surface area (Å²) in [6.07, 6.45) is 4.99. The quantitative estimate of drug-likeness (QED) is 0.538. The van der Waals surface area contributed by atoms with E-state index in [1.54, 1.807) is 19.6 Å². The largest absolute Gasteiger partial charge is 0.444 e. The number of carbonyl (C=O) groups excluding carboxylic acids is 1. The highest BCUT2D eigenvalue weighted by Crippen LogP contribution is 2.09. The number of guanidine groups is 1. The Bertz CT molecular complexity index is 531. The van der Waals surface area contributed by atoms with Crippen LogP contribution in [0.1, 0.15) is 34.6 Å². The van der Waals surface area contributed by atoms with Crippen molar-refractivity contribution in [2.24, 2.45) is 4.99 Å². The molecule has 24 heavy (non-hydrogen) atoms. The molecule has 0 radical (unpaired) electrons. The van der Waals surface area contributed by atoms with Gasteiger partial charge in [-0.15, -0.1) is 0 Å². The van der Waals surface area contributed by atoms with Gasteiger partial charge in [-0.25, -0.2) is 9.78 Å². The molecule has 0 spiro atoms. The lowest BCUT2D eigenvalue weighted by molar-refractivity contribution is 0.0474. The summed E-state index contributed by atoms with van der Waals surface area (Å²) in [5.41, 5.74) is -0.997. The Hall–Kier alpha value is -2.25. The Morgan fingerprint density at radius 2 is 1.96 bits per heavy atom. The average molecular weight is 338 g/mol. The van der Waals surface area contributed by atoms with Crippen molar-refractivity contribution >= 4 is 12.1 Å². The third-order valence-electron chi connectivity index (χ3n) is 2.98. The van der Waals surface area contributed by atoms with Crippen LogP contribution in [0, 0.1) is 0 Å².